The first-order valence-electron chi connectivity index (χ1n) is 4.78. The molecule has 4 nitrogen and oxygen atoms in total. The van der Waals surface area contributed by atoms with Gasteiger partial charge in [0.15, 0.2) is 0 Å². The number of halogens is 1. The molecule has 0 aromatic carbocycles. The molecule has 2 aromatic heterocycles. The van der Waals surface area contributed by atoms with E-state index in [1.807, 2.05) is 0 Å². The highest BCUT2D eigenvalue weighted by molar-refractivity contribution is 5.50. The van der Waals surface area contributed by atoms with Crippen LogP contribution in [0.1, 0.15) is 24.7 Å². The van der Waals surface area contributed by atoms with Gasteiger partial charge in [-0.3, -0.25) is 0 Å². The quantitative estimate of drug-likeness (QED) is 0.705. The standard InChI is InChI=1S/C10H8FN3O/c11-8-4-3-7(5-12-8)10-14-13-9(15-10)6-1-2-6/h3-6H,1-2H2. The maximum atomic E-state index is 12.6. The monoisotopic (exact) mass is 205 g/mol. The van der Waals surface area contributed by atoms with Crippen molar-refractivity contribution in [3.8, 4) is 11.5 Å². The molecule has 3 rings (SSSR count). The van der Waals surface area contributed by atoms with Crippen LogP contribution in [-0.2, 0) is 0 Å². The van der Waals surface area contributed by atoms with Crippen molar-refractivity contribution < 1.29 is 8.81 Å². The summed E-state index contributed by atoms with van der Waals surface area (Å²) in [7, 11) is 0. The summed E-state index contributed by atoms with van der Waals surface area (Å²) in [6, 6.07) is 2.85. The molecule has 5 heteroatoms. The van der Waals surface area contributed by atoms with Crippen molar-refractivity contribution in [2.75, 3.05) is 0 Å². The smallest absolute Gasteiger partial charge is 0.249 e. The molecule has 15 heavy (non-hydrogen) atoms. The molecular weight excluding hydrogens is 197 g/mol. The van der Waals surface area contributed by atoms with Crippen LogP contribution >= 0.6 is 0 Å². The Morgan fingerprint density at radius 2 is 2.13 bits per heavy atom. The van der Waals surface area contributed by atoms with Crippen molar-refractivity contribution in [2.24, 2.45) is 0 Å². The van der Waals surface area contributed by atoms with Crippen LogP contribution in [0.5, 0.6) is 0 Å². The summed E-state index contributed by atoms with van der Waals surface area (Å²) in [5, 5.41) is 7.84. The molecule has 0 bridgehead atoms. The summed E-state index contributed by atoms with van der Waals surface area (Å²) < 4.78 is 18.0. The van der Waals surface area contributed by atoms with Gasteiger partial charge >= 0.3 is 0 Å². The topological polar surface area (TPSA) is 51.8 Å². The molecule has 0 spiro atoms. The summed E-state index contributed by atoms with van der Waals surface area (Å²) in [4.78, 5) is 3.53. The predicted molar refractivity (Wildman–Crippen MR) is 49.5 cm³/mol. The summed E-state index contributed by atoms with van der Waals surface area (Å²) >= 11 is 0. The van der Waals surface area contributed by atoms with Gasteiger partial charge in [-0.15, -0.1) is 10.2 Å². The molecule has 0 saturated heterocycles. The largest absolute Gasteiger partial charge is 0.420 e. The lowest BCUT2D eigenvalue weighted by Crippen LogP contribution is -1.83. The van der Waals surface area contributed by atoms with Gasteiger partial charge in [-0.25, -0.2) is 4.98 Å². The van der Waals surface area contributed by atoms with E-state index >= 15 is 0 Å². The molecule has 2 aromatic rings. The Hall–Kier alpha value is -1.78. The fourth-order valence-corrected chi connectivity index (χ4v) is 1.35. The lowest BCUT2D eigenvalue weighted by Gasteiger charge is -1.92. The van der Waals surface area contributed by atoms with Crippen LogP contribution in [-0.4, -0.2) is 15.2 Å². The summed E-state index contributed by atoms with van der Waals surface area (Å²) in [6.45, 7) is 0. The van der Waals surface area contributed by atoms with E-state index in [2.05, 4.69) is 15.2 Å². The van der Waals surface area contributed by atoms with Crippen LogP contribution in [0.25, 0.3) is 11.5 Å². The van der Waals surface area contributed by atoms with E-state index < -0.39 is 5.95 Å². The number of hydrogen-bond acceptors (Lipinski definition) is 4. The van der Waals surface area contributed by atoms with Gasteiger partial charge in [0, 0.05) is 12.1 Å². The fraction of sp³-hybridized carbons (Fsp3) is 0.300. The molecular formula is C10H8FN3O. The van der Waals surface area contributed by atoms with Gasteiger partial charge in [0.05, 0.1) is 5.56 Å². The third-order valence-corrected chi connectivity index (χ3v) is 2.34. The van der Waals surface area contributed by atoms with E-state index in [0.29, 0.717) is 23.3 Å². The first-order chi connectivity index (χ1) is 7.33. The van der Waals surface area contributed by atoms with E-state index in [4.69, 9.17) is 4.42 Å². The third-order valence-electron chi connectivity index (χ3n) is 2.34. The Balaban J connectivity index is 1.93. The first kappa shape index (κ1) is 8.52. The zero-order chi connectivity index (χ0) is 10.3. The molecule has 1 saturated carbocycles. The number of nitrogens with zero attached hydrogens (tertiary/aromatic N) is 3. The van der Waals surface area contributed by atoms with Gasteiger partial charge in [-0.2, -0.15) is 4.39 Å². The van der Waals surface area contributed by atoms with Gasteiger partial charge in [-0.1, -0.05) is 0 Å². The molecule has 2 heterocycles. The number of pyridine rings is 1. The Morgan fingerprint density at radius 1 is 1.27 bits per heavy atom. The highest BCUT2D eigenvalue weighted by Crippen LogP contribution is 2.39. The van der Waals surface area contributed by atoms with Gasteiger partial charge in [0.1, 0.15) is 0 Å². The molecule has 0 atom stereocenters. The SMILES string of the molecule is Fc1ccc(-c2nnc(C3CC3)o2)cn1. The van der Waals surface area contributed by atoms with Crippen molar-refractivity contribution in [1.82, 2.24) is 15.2 Å². The Labute approximate surface area is 85.2 Å². The van der Waals surface area contributed by atoms with Crippen LogP contribution in [0.2, 0.25) is 0 Å². The number of rotatable bonds is 2. The highest BCUT2D eigenvalue weighted by Gasteiger charge is 2.29. The van der Waals surface area contributed by atoms with E-state index in [9.17, 15) is 4.39 Å². The lowest BCUT2D eigenvalue weighted by molar-refractivity contribution is 0.507. The van der Waals surface area contributed by atoms with Crippen molar-refractivity contribution in [3.05, 3.63) is 30.2 Å². The maximum absolute atomic E-state index is 12.6. The lowest BCUT2D eigenvalue weighted by atomic mass is 10.3. The van der Waals surface area contributed by atoms with E-state index in [1.54, 1.807) is 6.07 Å². The Kier molecular flexibility index (Phi) is 1.77. The average molecular weight is 205 g/mol. The van der Waals surface area contributed by atoms with Crippen LogP contribution in [0.4, 0.5) is 4.39 Å². The van der Waals surface area contributed by atoms with Crippen LogP contribution in [0.15, 0.2) is 22.7 Å². The van der Waals surface area contributed by atoms with Gasteiger partial charge in [-0.05, 0) is 25.0 Å². The Bertz CT molecular complexity index is 476. The van der Waals surface area contributed by atoms with Crippen LogP contribution in [0, 0.1) is 5.95 Å². The number of hydrogen-bond donors (Lipinski definition) is 0. The molecule has 0 amide bonds. The van der Waals surface area contributed by atoms with Gasteiger partial charge in [0.2, 0.25) is 17.7 Å². The Morgan fingerprint density at radius 3 is 2.80 bits per heavy atom. The van der Waals surface area contributed by atoms with Gasteiger partial charge < -0.3 is 4.42 Å². The predicted octanol–water partition coefficient (Wildman–Crippen LogP) is 2.15. The highest BCUT2D eigenvalue weighted by atomic mass is 19.1. The molecule has 1 aliphatic carbocycles. The molecule has 0 N–H and O–H groups in total. The minimum Gasteiger partial charge on any atom is -0.420 e. The van der Waals surface area contributed by atoms with Crippen molar-refractivity contribution in [3.63, 3.8) is 0 Å². The summed E-state index contributed by atoms with van der Waals surface area (Å²) in [5.74, 6) is 0.999. The number of aromatic nitrogens is 3. The summed E-state index contributed by atoms with van der Waals surface area (Å²) in [6.07, 6.45) is 3.62. The van der Waals surface area contributed by atoms with Crippen LogP contribution < -0.4 is 0 Å². The van der Waals surface area contributed by atoms with Gasteiger partial charge in [0.25, 0.3) is 0 Å². The maximum Gasteiger partial charge on any atom is 0.249 e. The fourth-order valence-electron chi connectivity index (χ4n) is 1.35. The second-order valence-corrected chi connectivity index (χ2v) is 3.59. The molecule has 0 unspecified atom stereocenters. The third kappa shape index (κ3) is 1.60. The zero-order valence-electron chi connectivity index (χ0n) is 7.85. The normalized spacial score (nSPS) is 15.5. The molecule has 0 radical (unpaired) electrons. The summed E-state index contributed by atoms with van der Waals surface area (Å²) in [5.41, 5.74) is 0.649. The van der Waals surface area contributed by atoms with E-state index in [-0.39, 0.29) is 0 Å². The second-order valence-electron chi connectivity index (χ2n) is 3.59. The molecule has 1 aliphatic rings. The molecule has 0 aliphatic heterocycles. The molecule has 1 fully saturated rings. The van der Waals surface area contributed by atoms with Crippen LogP contribution in [0.3, 0.4) is 0 Å². The minimum atomic E-state index is -0.513. The average Bonchev–Trinajstić information content (AvgIpc) is 2.99. The molecule has 76 valence electrons. The minimum absolute atomic E-state index is 0.407. The van der Waals surface area contributed by atoms with Crippen molar-refractivity contribution in [1.29, 1.82) is 0 Å². The first-order valence-corrected chi connectivity index (χ1v) is 4.78. The van der Waals surface area contributed by atoms with E-state index in [0.717, 1.165) is 12.8 Å². The second kappa shape index (κ2) is 3.12. The van der Waals surface area contributed by atoms with E-state index in [1.165, 1.54) is 12.3 Å². The zero-order valence-corrected chi connectivity index (χ0v) is 7.85. The van der Waals surface area contributed by atoms with Crippen molar-refractivity contribution >= 4 is 0 Å². The van der Waals surface area contributed by atoms with Crippen molar-refractivity contribution in [2.45, 2.75) is 18.8 Å².